The lowest BCUT2D eigenvalue weighted by molar-refractivity contribution is 0.411. The summed E-state index contributed by atoms with van der Waals surface area (Å²) in [5.74, 6) is 0.893. The Labute approximate surface area is 99.7 Å². The Bertz CT molecular complexity index is 465. The highest BCUT2D eigenvalue weighted by Gasteiger charge is 2.11. The van der Waals surface area contributed by atoms with Crippen LogP contribution in [0.15, 0.2) is 35.7 Å². The Morgan fingerprint density at radius 1 is 1.31 bits per heavy atom. The van der Waals surface area contributed by atoms with E-state index in [1.807, 2.05) is 30.5 Å². The first-order chi connectivity index (χ1) is 7.72. The Balaban J connectivity index is 2.34. The Morgan fingerprint density at radius 2 is 2.12 bits per heavy atom. The van der Waals surface area contributed by atoms with E-state index in [-0.39, 0.29) is 6.04 Å². The monoisotopic (exact) mass is 233 g/mol. The maximum atomic E-state index is 6.19. The second-order valence-corrected chi connectivity index (χ2v) is 4.70. The van der Waals surface area contributed by atoms with E-state index in [1.165, 1.54) is 4.88 Å². The molecule has 0 fully saturated rings. The number of thiophene rings is 1. The third kappa shape index (κ3) is 2.10. The van der Waals surface area contributed by atoms with Gasteiger partial charge in [0.15, 0.2) is 0 Å². The molecule has 0 aliphatic rings. The molecule has 0 saturated heterocycles. The van der Waals surface area contributed by atoms with Crippen LogP contribution in [0, 0.1) is 6.92 Å². The Morgan fingerprint density at radius 3 is 2.75 bits per heavy atom. The van der Waals surface area contributed by atoms with Crippen molar-refractivity contribution in [2.45, 2.75) is 13.0 Å². The summed E-state index contributed by atoms with van der Waals surface area (Å²) in [5.41, 5.74) is 8.41. The molecule has 1 heterocycles. The van der Waals surface area contributed by atoms with Gasteiger partial charge in [-0.2, -0.15) is 0 Å². The van der Waals surface area contributed by atoms with Gasteiger partial charge in [-0.15, -0.1) is 11.3 Å². The first-order valence-corrected chi connectivity index (χ1v) is 6.04. The largest absolute Gasteiger partial charge is 0.496 e. The van der Waals surface area contributed by atoms with Gasteiger partial charge in [0.2, 0.25) is 0 Å². The van der Waals surface area contributed by atoms with Gasteiger partial charge in [0.25, 0.3) is 0 Å². The van der Waals surface area contributed by atoms with Crippen molar-refractivity contribution in [3.05, 3.63) is 51.7 Å². The van der Waals surface area contributed by atoms with Crippen LogP contribution >= 0.6 is 11.3 Å². The van der Waals surface area contributed by atoms with Crippen molar-refractivity contribution in [3.63, 3.8) is 0 Å². The van der Waals surface area contributed by atoms with Crippen molar-refractivity contribution in [1.29, 1.82) is 0 Å². The highest BCUT2D eigenvalue weighted by Crippen LogP contribution is 2.27. The van der Waals surface area contributed by atoms with Gasteiger partial charge in [-0.3, -0.25) is 0 Å². The van der Waals surface area contributed by atoms with Gasteiger partial charge >= 0.3 is 0 Å². The minimum absolute atomic E-state index is 0.0606. The molecule has 0 aliphatic heterocycles. The fraction of sp³-hybridized carbons (Fsp3) is 0.231. The van der Waals surface area contributed by atoms with Crippen LogP contribution in [0.3, 0.4) is 0 Å². The molecule has 0 unspecified atom stereocenters. The predicted molar refractivity (Wildman–Crippen MR) is 68.1 cm³/mol. The van der Waals surface area contributed by atoms with Crippen molar-refractivity contribution in [3.8, 4) is 5.75 Å². The van der Waals surface area contributed by atoms with Crippen molar-refractivity contribution in [2.24, 2.45) is 5.73 Å². The van der Waals surface area contributed by atoms with Crippen molar-refractivity contribution >= 4 is 11.3 Å². The minimum atomic E-state index is -0.0606. The number of aryl methyl sites for hydroxylation is 1. The highest BCUT2D eigenvalue weighted by molar-refractivity contribution is 7.10. The Kier molecular flexibility index (Phi) is 3.27. The van der Waals surface area contributed by atoms with Gasteiger partial charge in [-0.1, -0.05) is 18.2 Å². The summed E-state index contributed by atoms with van der Waals surface area (Å²) in [6.07, 6.45) is 0. The van der Waals surface area contributed by atoms with Crippen LogP contribution in [-0.2, 0) is 0 Å². The summed E-state index contributed by atoms with van der Waals surface area (Å²) in [6.45, 7) is 2.03. The molecule has 84 valence electrons. The van der Waals surface area contributed by atoms with Gasteiger partial charge in [0.05, 0.1) is 13.2 Å². The van der Waals surface area contributed by atoms with Crippen LogP contribution in [0.1, 0.15) is 22.0 Å². The summed E-state index contributed by atoms with van der Waals surface area (Å²) >= 11 is 1.68. The molecule has 0 radical (unpaired) electrons. The zero-order chi connectivity index (χ0) is 11.5. The first kappa shape index (κ1) is 11.2. The van der Waals surface area contributed by atoms with Crippen LogP contribution < -0.4 is 10.5 Å². The molecule has 2 N–H and O–H groups in total. The van der Waals surface area contributed by atoms with Crippen LogP contribution in [0.4, 0.5) is 0 Å². The molecule has 1 aromatic heterocycles. The zero-order valence-corrected chi connectivity index (χ0v) is 10.3. The maximum absolute atomic E-state index is 6.19. The summed E-state index contributed by atoms with van der Waals surface area (Å²) in [7, 11) is 1.68. The standard InChI is InChI=1S/C13H15NOS/c1-9-5-6-10(8-11(9)15-2)13(14)12-4-3-7-16-12/h3-8,13H,14H2,1-2H3/t13-/m0/s1. The third-order valence-corrected chi connectivity index (χ3v) is 3.60. The molecule has 1 atom stereocenters. The number of nitrogens with two attached hydrogens (primary N) is 1. The van der Waals surface area contributed by atoms with E-state index >= 15 is 0 Å². The molecule has 0 spiro atoms. The summed E-state index contributed by atoms with van der Waals surface area (Å²) in [4.78, 5) is 1.17. The number of ether oxygens (including phenoxy) is 1. The molecule has 0 amide bonds. The number of hydrogen-bond acceptors (Lipinski definition) is 3. The van der Waals surface area contributed by atoms with Gasteiger partial charge in [-0.25, -0.2) is 0 Å². The summed E-state index contributed by atoms with van der Waals surface area (Å²) in [5, 5.41) is 2.04. The zero-order valence-electron chi connectivity index (χ0n) is 9.44. The second-order valence-electron chi connectivity index (χ2n) is 3.72. The molecule has 2 nitrogen and oxygen atoms in total. The van der Waals surface area contributed by atoms with Gasteiger partial charge in [0, 0.05) is 4.88 Å². The fourth-order valence-corrected chi connectivity index (χ4v) is 2.42. The molecule has 0 bridgehead atoms. The molecule has 2 aromatic rings. The van der Waals surface area contributed by atoms with E-state index in [0.717, 1.165) is 16.9 Å². The lowest BCUT2D eigenvalue weighted by Crippen LogP contribution is -2.10. The second kappa shape index (κ2) is 4.68. The van der Waals surface area contributed by atoms with Gasteiger partial charge in [-0.05, 0) is 35.6 Å². The van der Waals surface area contributed by atoms with Crippen molar-refractivity contribution < 1.29 is 4.74 Å². The molecule has 3 heteroatoms. The normalized spacial score (nSPS) is 12.4. The summed E-state index contributed by atoms with van der Waals surface area (Å²) < 4.78 is 5.30. The lowest BCUT2D eigenvalue weighted by Gasteiger charge is -2.12. The van der Waals surface area contributed by atoms with Crippen molar-refractivity contribution in [1.82, 2.24) is 0 Å². The molecule has 1 aromatic carbocycles. The molecule has 0 saturated carbocycles. The first-order valence-electron chi connectivity index (χ1n) is 5.16. The average molecular weight is 233 g/mol. The van der Waals surface area contributed by atoms with E-state index < -0.39 is 0 Å². The molecule has 0 aliphatic carbocycles. The minimum Gasteiger partial charge on any atom is -0.496 e. The van der Waals surface area contributed by atoms with E-state index in [4.69, 9.17) is 10.5 Å². The van der Waals surface area contributed by atoms with Crippen molar-refractivity contribution in [2.75, 3.05) is 7.11 Å². The molecule has 16 heavy (non-hydrogen) atoms. The Hall–Kier alpha value is -1.32. The van der Waals surface area contributed by atoms with E-state index in [1.54, 1.807) is 18.4 Å². The van der Waals surface area contributed by atoms with Crippen LogP contribution in [0.2, 0.25) is 0 Å². The number of benzene rings is 1. The lowest BCUT2D eigenvalue weighted by atomic mass is 10.0. The molecule has 2 rings (SSSR count). The number of methoxy groups -OCH3 is 1. The smallest absolute Gasteiger partial charge is 0.122 e. The number of hydrogen-bond donors (Lipinski definition) is 1. The van der Waals surface area contributed by atoms with Gasteiger partial charge in [0.1, 0.15) is 5.75 Å². The van der Waals surface area contributed by atoms with Crippen LogP contribution in [-0.4, -0.2) is 7.11 Å². The highest BCUT2D eigenvalue weighted by atomic mass is 32.1. The average Bonchev–Trinajstić information content (AvgIpc) is 2.82. The predicted octanol–water partition coefficient (Wildman–Crippen LogP) is 3.11. The molecular formula is C13H15NOS. The van der Waals surface area contributed by atoms with E-state index in [0.29, 0.717) is 0 Å². The van der Waals surface area contributed by atoms with E-state index in [2.05, 4.69) is 12.1 Å². The number of rotatable bonds is 3. The maximum Gasteiger partial charge on any atom is 0.122 e. The SMILES string of the molecule is COc1cc([C@H](N)c2cccs2)ccc1C. The van der Waals surface area contributed by atoms with E-state index in [9.17, 15) is 0 Å². The van der Waals surface area contributed by atoms with Crippen LogP contribution in [0.5, 0.6) is 5.75 Å². The topological polar surface area (TPSA) is 35.2 Å². The summed E-state index contributed by atoms with van der Waals surface area (Å²) in [6, 6.07) is 10.1. The third-order valence-electron chi connectivity index (χ3n) is 2.64. The molecular weight excluding hydrogens is 218 g/mol. The fourth-order valence-electron chi connectivity index (χ4n) is 1.66. The van der Waals surface area contributed by atoms with Gasteiger partial charge < -0.3 is 10.5 Å². The quantitative estimate of drug-likeness (QED) is 0.884. The van der Waals surface area contributed by atoms with Crippen LogP contribution in [0.25, 0.3) is 0 Å².